The van der Waals surface area contributed by atoms with E-state index in [9.17, 15) is 4.79 Å². The number of carbonyl (C=O) groups is 1. The average molecular weight is 434 g/mol. The van der Waals surface area contributed by atoms with E-state index < -0.39 is 0 Å². The SMILES string of the molecule is COc1ccc(-c2cnc(N3CCN(C(=O)c4cc(OC)no4)CC3)c3nccn23)cc1. The second-order valence-corrected chi connectivity index (χ2v) is 7.33. The molecular formula is C22H22N6O4. The number of hydrogen-bond donors (Lipinski definition) is 0. The van der Waals surface area contributed by atoms with Crippen LogP contribution in [0.2, 0.25) is 0 Å². The molecule has 32 heavy (non-hydrogen) atoms. The molecule has 0 saturated carbocycles. The van der Waals surface area contributed by atoms with Gasteiger partial charge in [-0.1, -0.05) is 0 Å². The van der Waals surface area contributed by atoms with Crippen molar-refractivity contribution in [2.45, 2.75) is 0 Å². The van der Waals surface area contributed by atoms with E-state index in [0.717, 1.165) is 28.5 Å². The van der Waals surface area contributed by atoms with Crippen LogP contribution in [-0.4, -0.2) is 70.7 Å². The second kappa shape index (κ2) is 8.22. The molecule has 1 aliphatic rings. The summed E-state index contributed by atoms with van der Waals surface area (Å²) >= 11 is 0. The summed E-state index contributed by atoms with van der Waals surface area (Å²) in [5.41, 5.74) is 2.74. The molecule has 1 saturated heterocycles. The van der Waals surface area contributed by atoms with Gasteiger partial charge in [-0.3, -0.25) is 9.20 Å². The topological polar surface area (TPSA) is 98.2 Å². The van der Waals surface area contributed by atoms with Crippen LogP contribution in [-0.2, 0) is 0 Å². The Morgan fingerprint density at radius 1 is 1.03 bits per heavy atom. The first-order valence-electron chi connectivity index (χ1n) is 10.2. The number of piperazine rings is 1. The van der Waals surface area contributed by atoms with Crippen LogP contribution in [0.3, 0.4) is 0 Å². The van der Waals surface area contributed by atoms with Gasteiger partial charge in [0.1, 0.15) is 5.75 Å². The summed E-state index contributed by atoms with van der Waals surface area (Å²) in [6, 6.07) is 9.34. The van der Waals surface area contributed by atoms with Crippen molar-refractivity contribution in [3.8, 4) is 22.9 Å². The Bertz CT molecular complexity index is 1240. The first-order chi connectivity index (χ1) is 15.7. The molecule has 164 valence electrons. The minimum absolute atomic E-state index is 0.174. The summed E-state index contributed by atoms with van der Waals surface area (Å²) in [4.78, 5) is 25.8. The average Bonchev–Trinajstić information content (AvgIpc) is 3.53. The molecule has 1 amide bonds. The molecule has 1 aromatic carbocycles. The standard InChI is InChI=1S/C22H22N6O4/c1-30-16-5-3-15(4-6-16)17-14-24-20(21-23-7-8-28(17)21)26-9-11-27(12-10-26)22(29)18-13-19(31-2)25-32-18/h3-8,13-14H,9-12H2,1-2H3. The molecule has 1 fully saturated rings. The van der Waals surface area contributed by atoms with Crippen molar-refractivity contribution in [3.63, 3.8) is 0 Å². The monoisotopic (exact) mass is 434 g/mol. The first kappa shape index (κ1) is 19.9. The van der Waals surface area contributed by atoms with Crippen LogP contribution in [0.1, 0.15) is 10.6 Å². The summed E-state index contributed by atoms with van der Waals surface area (Å²) in [7, 11) is 3.13. The van der Waals surface area contributed by atoms with Gasteiger partial charge in [0.25, 0.3) is 11.8 Å². The maximum Gasteiger partial charge on any atom is 0.292 e. The summed E-state index contributed by atoms with van der Waals surface area (Å²) in [6.07, 6.45) is 5.55. The van der Waals surface area contributed by atoms with Crippen molar-refractivity contribution in [1.29, 1.82) is 0 Å². The highest BCUT2D eigenvalue weighted by Gasteiger charge is 2.27. The van der Waals surface area contributed by atoms with Gasteiger partial charge >= 0.3 is 0 Å². The largest absolute Gasteiger partial charge is 0.497 e. The van der Waals surface area contributed by atoms with E-state index in [1.807, 2.05) is 41.1 Å². The minimum atomic E-state index is -0.200. The van der Waals surface area contributed by atoms with Gasteiger partial charge < -0.3 is 23.8 Å². The van der Waals surface area contributed by atoms with E-state index in [4.69, 9.17) is 19.0 Å². The summed E-state index contributed by atoms with van der Waals surface area (Å²) in [6.45, 7) is 2.34. The normalized spacial score (nSPS) is 14.1. The van der Waals surface area contributed by atoms with Crippen molar-refractivity contribution in [2.75, 3.05) is 45.3 Å². The molecule has 10 nitrogen and oxygen atoms in total. The first-order valence-corrected chi connectivity index (χ1v) is 10.2. The Morgan fingerprint density at radius 3 is 2.50 bits per heavy atom. The van der Waals surface area contributed by atoms with Gasteiger partial charge in [0.05, 0.1) is 32.2 Å². The van der Waals surface area contributed by atoms with Crippen molar-refractivity contribution < 1.29 is 18.8 Å². The Labute approximate surface area is 184 Å². The predicted octanol–water partition coefficient (Wildman–Crippen LogP) is 2.36. The second-order valence-electron chi connectivity index (χ2n) is 7.33. The van der Waals surface area contributed by atoms with Crippen LogP contribution in [0.4, 0.5) is 5.82 Å². The lowest BCUT2D eigenvalue weighted by Crippen LogP contribution is -2.49. The van der Waals surface area contributed by atoms with Gasteiger partial charge in [-0.15, -0.1) is 0 Å². The number of nitrogens with zero attached hydrogens (tertiary/aromatic N) is 6. The lowest BCUT2D eigenvalue weighted by molar-refractivity contribution is 0.0704. The zero-order chi connectivity index (χ0) is 22.1. The van der Waals surface area contributed by atoms with Gasteiger partial charge in [-0.05, 0) is 29.4 Å². The van der Waals surface area contributed by atoms with Gasteiger partial charge in [0.15, 0.2) is 11.5 Å². The number of benzene rings is 1. The molecular weight excluding hydrogens is 412 g/mol. The van der Waals surface area contributed by atoms with Gasteiger partial charge in [0, 0.05) is 44.1 Å². The molecule has 0 aliphatic carbocycles. The fourth-order valence-electron chi connectivity index (χ4n) is 3.84. The van der Waals surface area contributed by atoms with E-state index >= 15 is 0 Å². The van der Waals surface area contributed by atoms with Gasteiger partial charge in [-0.25, -0.2) is 9.97 Å². The van der Waals surface area contributed by atoms with Crippen molar-refractivity contribution in [3.05, 3.63) is 54.7 Å². The van der Waals surface area contributed by atoms with Gasteiger partial charge in [0.2, 0.25) is 5.76 Å². The molecule has 10 heteroatoms. The molecule has 0 bridgehead atoms. The lowest BCUT2D eigenvalue weighted by atomic mass is 10.1. The van der Waals surface area contributed by atoms with E-state index in [1.54, 1.807) is 18.2 Å². The Hall–Kier alpha value is -4.08. The number of imidazole rings is 1. The fraction of sp³-hybridized carbons (Fsp3) is 0.273. The zero-order valence-corrected chi connectivity index (χ0v) is 17.8. The number of methoxy groups -OCH3 is 2. The van der Waals surface area contributed by atoms with Crippen molar-refractivity contribution in [2.24, 2.45) is 0 Å². The van der Waals surface area contributed by atoms with E-state index in [-0.39, 0.29) is 17.5 Å². The summed E-state index contributed by atoms with van der Waals surface area (Å²) in [5, 5.41) is 3.70. The predicted molar refractivity (Wildman–Crippen MR) is 116 cm³/mol. The van der Waals surface area contributed by atoms with Crippen LogP contribution in [0.15, 0.2) is 53.4 Å². The molecule has 0 N–H and O–H groups in total. The molecule has 4 heterocycles. The lowest BCUT2D eigenvalue weighted by Gasteiger charge is -2.35. The van der Waals surface area contributed by atoms with E-state index in [2.05, 4.69) is 15.0 Å². The molecule has 4 aromatic rings. The Balaban J connectivity index is 1.35. The molecule has 1 aliphatic heterocycles. The van der Waals surface area contributed by atoms with Crippen LogP contribution >= 0.6 is 0 Å². The summed E-state index contributed by atoms with van der Waals surface area (Å²) < 4.78 is 17.4. The number of aromatic nitrogens is 4. The molecule has 0 unspecified atom stereocenters. The minimum Gasteiger partial charge on any atom is -0.497 e. The molecule has 0 atom stereocenters. The highest BCUT2D eigenvalue weighted by atomic mass is 16.5. The van der Waals surface area contributed by atoms with E-state index in [1.165, 1.54) is 13.2 Å². The molecule has 3 aromatic heterocycles. The highest BCUT2D eigenvalue weighted by molar-refractivity contribution is 5.91. The number of amides is 1. The van der Waals surface area contributed by atoms with Crippen LogP contribution in [0.5, 0.6) is 11.6 Å². The molecule has 0 spiro atoms. The van der Waals surface area contributed by atoms with Crippen LogP contribution in [0.25, 0.3) is 16.9 Å². The third-order valence-electron chi connectivity index (χ3n) is 5.57. The number of anilines is 1. The summed E-state index contributed by atoms with van der Waals surface area (Å²) in [5.74, 6) is 1.86. The Kier molecular flexibility index (Phi) is 5.10. The maximum absolute atomic E-state index is 12.7. The van der Waals surface area contributed by atoms with Gasteiger partial charge in [-0.2, -0.15) is 0 Å². The molecule has 5 rings (SSSR count). The van der Waals surface area contributed by atoms with Crippen LogP contribution in [0, 0.1) is 0 Å². The fourth-order valence-corrected chi connectivity index (χ4v) is 3.84. The van der Waals surface area contributed by atoms with Crippen molar-refractivity contribution >= 4 is 17.4 Å². The zero-order valence-electron chi connectivity index (χ0n) is 17.8. The quantitative estimate of drug-likeness (QED) is 0.472. The maximum atomic E-state index is 12.7. The molecule has 0 radical (unpaired) electrons. The smallest absolute Gasteiger partial charge is 0.292 e. The van der Waals surface area contributed by atoms with Crippen molar-refractivity contribution in [1.82, 2.24) is 24.4 Å². The number of carbonyl (C=O) groups excluding carboxylic acids is 1. The number of rotatable bonds is 5. The highest BCUT2D eigenvalue weighted by Crippen LogP contribution is 2.27. The third kappa shape index (κ3) is 3.49. The van der Waals surface area contributed by atoms with Crippen LogP contribution < -0.4 is 14.4 Å². The number of hydrogen-bond acceptors (Lipinski definition) is 8. The van der Waals surface area contributed by atoms with E-state index in [0.29, 0.717) is 26.2 Å². The number of ether oxygens (including phenoxy) is 2. The third-order valence-corrected chi connectivity index (χ3v) is 5.57. The number of fused-ring (bicyclic) bond motifs is 1. The Morgan fingerprint density at radius 2 is 1.81 bits per heavy atom.